The molecule has 0 saturated carbocycles. The van der Waals surface area contributed by atoms with Gasteiger partial charge >= 0.3 is 0 Å². The Hall–Kier alpha value is -1.08. The molecule has 0 aliphatic heterocycles. The van der Waals surface area contributed by atoms with Gasteiger partial charge in [0.1, 0.15) is 0 Å². The lowest BCUT2D eigenvalue weighted by atomic mass is 10.0. The van der Waals surface area contributed by atoms with Crippen molar-refractivity contribution in [2.45, 2.75) is 25.9 Å². The van der Waals surface area contributed by atoms with Crippen LogP contribution in [0.5, 0.6) is 0 Å². The first-order valence-electron chi connectivity index (χ1n) is 5.53. The molecule has 0 aliphatic rings. The summed E-state index contributed by atoms with van der Waals surface area (Å²) in [5.41, 5.74) is 2.91. The summed E-state index contributed by atoms with van der Waals surface area (Å²) in [4.78, 5) is 0. The average molecular weight is 216 g/mol. The van der Waals surface area contributed by atoms with Crippen molar-refractivity contribution in [1.82, 2.24) is 0 Å². The molecule has 80 valence electrons. The predicted octanol–water partition coefficient (Wildman–Crippen LogP) is 2.84. The van der Waals surface area contributed by atoms with Gasteiger partial charge in [0.2, 0.25) is 0 Å². The van der Waals surface area contributed by atoms with Gasteiger partial charge in [0.05, 0.1) is 8.80 Å². The van der Waals surface area contributed by atoms with Gasteiger partial charge in [-0.1, -0.05) is 48.6 Å². The fourth-order valence-corrected chi connectivity index (χ4v) is 3.43. The SMILES string of the molecule is C=CCc1cccc([SiH](C)C)c1CC=C. The van der Waals surface area contributed by atoms with Gasteiger partial charge in [-0.25, -0.2) is 0 Å². The van der Waals surface area contributed by atoms with Crippen LogP contribution in [0, 0.1) is 0 Å². The maximum atomic E-state index is 3.85. The van der Waals surface area contributed by atoms with Crippen LogP contribution in [0.25, 0.3) is 0 Å². The van der Waals surface area contributed by atoms with Crippen molar-refractivity contribution < 1.29 is 0 Å². The summed E-state index contributed by atoms with van der Waals surface area (Å²) in [7, 11) is -0.735. The average Bonchev–Trinajstić information content (AvgIpc) is 2.21. The van der Waals surface area contributed by atoms with E-state index in [2.05, 4.69) is 44.5 Å². The van der Waals surface area contributed by atoms with Crippen LogP contribution in [0.1, 0.15) is 11.1 Å². The monoisotopic (exact) mass is 216 g/mol. The van der Waals surface area contributed by atoms with Gasteiger partial charge in [-0.3, -0.25) is 0 Å². The maximum Gasteiger partial charge on any atom is 0.0651 e. The minimum atomic E-state index is -0.735. The summed E-state index contributed by atoms with van der Waals surface area (Å²) in [6.45, 7) is 12.4. The second-order valence-electron chi connectivity index (χ2n) is 4.13. The molecular formula is C14H20Si. The highest BCUT2D eigenvalue weighted by Gasteiger charge is 2.09. The number of hydrogen-bond donors (Lipinski definition) is 0. The molecule has 0 N–H and O–H groups in total. The van der Waals surface area contributed by atoms with Crippen LogP contribution >= 0.6 is 0 Å². The molecule has 0 spiro atoms. The molecule has 0 amide bonds. The van der Waals surface area contributed by atoms with E-state index in [0.29, 0.717) is 0 Å². The molecule has 0 nitrogen and oxygen atoms in total. The van der Waals surface area contributed by atoms with Gasteiger partial charge in [-0.05, 0) is 24.0 Å². The molecule has 0 aliphatic carbocycles. The molecule has 0 saturated heterocycles. The quantitative estimate of drug-likeness (QED) is 0.524. The first-order valence-corrected chi connectivity index (χ1v) is 8.41. The van der Waals surface area contributed by atoms with Crippen LogP contribution in [0.3, 0.4) is 0 Å². The number of benzene rings is 1. The molecule has 15 heavy (non-hydrogen) atoms. The molecule has 1 aromatic rings. The largest absolute Gasteiger partial charge is 0.103 e. The second kappa shape index (κ2) is 5.71. The van der Waals surface area contributed by atoms with Crippen LogP contribution in [-0.4, -0.2) is 8.80 Å². The standard InChI is InChI=1S/C14H20Si/c1-5-8-12-10-7-11-14(15(3)4)13(12)9-6-2/h5-7,10-11,15H,1-2,8-9H2,3-4H3. The summed E-state index contributed by atoms with van der Waals surface area (Å²) >= 11 is 0. The van der Waals surface area contributed by atoms with Crippen molar-refractivity contribution in [3.63, 3.8) is 0 Å². The summed E-state index contributed by atoms with van der Waals surface area (Å²) in [6, 6.07) is 6.66. The highest BCUT2D eigenvalue weighted by Crippen LogP contribution is 2.10. The fraction of sp³-hybridized carbons (Fsp3) is 0.286. The van der Waals surface area contributed by atoms with E-state index in [4.69, 9.17) is 0 Å². The Bertz CT molecular complexity index is 350. The molecule has 1 rings (SSSR count). The van der Waals surface area contributed by atoms with E-state index in [1.54, 1.807) is 5.19 Å². The molecular weight excluding hydrogens is 196 g/mol. The van der Waals surface area contributed by atoms with Gasteiger partial charge < -0.3 is 0 Å². The minimum Gasteiger partial charge on any atom is -0.103 e. The van der Waals surface area contributed by atoms with E-state index in [9.17, 15) is 0 Å². The third-order valence-corrected chi connectivity index (χ3v) is 4.43. The van der Waals surface area contributed by atoms with Crippen molar-refractivity contribution in [2.75, 3.05) is 0 Å². The third kappa shape index (κ3) is 2.93. The van der Waals surface area contributed by atoms with Crippen LogP contribution in [0.4, 0.5) is 0 Å². The first kappa shape index (κ1) is 12.0. The molecule has 0 bridgehead atoms. The van der Waals surface area contributed by atoms with Crippen LogP contribution in [0.2, 0.25) is 13.1 Å². The summed E-state index contributed by atoms with van der Waals surface area (Å²) in [5, 5.41) is 1.58. The van der Waals surface area contributed by atoms with Crippen LogP contribution in [-0.2, 0) is 12.8 Å². The van der Waals surface area contributed by atoms with Gasteiger partial charge in [0.15, 0.2) is 0 Å². The van der Waals surface area contributed by atoms with Crippen molar-refractivity contribution in [1.29, 1.82) is 0 Å². The molecule has 1 aromatic carbocycles. The van der Waals surface area contributed by atoms with E-state index in [0.717, 1.165) is 12.8 Å². The van der Waals surface area contributed by atoms with Crippen LogP contribution < -0.4 is 5.19 Å². The Morgan fingerprint density at radius 3 is 2.33 bits per heavy atom. The molecule has 0 radical (unpaired) electrons. The number of rotatable bonds is 5. The molecule has 0 unspecified atom stereocenters. The summed E-state index contributed by atoms with van der Waals surface area (Å²) < 4.78 is 0. The zero-order valence-electron chi connectivity index (χ0n) is 9.79. The van der Waals surface area contributed by atoms with Gasteiger partial charge in [-0.15, -0.1) is 13.2 Å². The summed E-state index contributed by atoms with van der Waals surface area (Å²) in [6.07, 6.45) is 5.94. The Morgan fingerprint density at radius 2 is 1.80 bits per heavy atom. The highest BCUT2D eigenvalue weighted by atomic mass is 28.3. The smallest absolute Gasteiger partial charge is 0.0651 e. The van der Waals surface area contributed by atoms with E-state index in [1.165, 1.54) is 11.1 Å². The first-order chi connectivity index (χ1) is 7.20. The highest BCUT2D eigenvalue weighted by molar-refractivity contribution is 6.71. The van der Waals surface area contributed by atoms with Crippen LogP contribution in [0.15, 0.2) is 43.5 Å². The Kier molecular flexibility index (Phi) is 4.57. The lowest BCUT2D eigenvalue weighted by Crippen LogP contribution is -2.27. The van der Waals surface area contributed by atoms with Gasteiger partial charge in [0, 0.05) is 0 Å². The van der Waals surface area contributed by atoms with E-state index >= 15 is 0 Å². The molecule has 1 heteroatoms. The van der Waals surface area contributed by atoms with Crippen molar-refractivity contribution in [2.24, 2.45) is 0 Å². The molecule has 0 heterocycles. The van der Waals surface area contributed by atoms with Crippen molar-refractivity contribution in [3.05, 3.63) is 54.6 Å². The summed E-state index contributed by atoms with van der Waals surface area (Å²) in [5.74, 6) is 0. The lowest BCUT2D eigenvalue weighted by molar-refractivity contribution is 1.17. The second-order valence-corrected chi connectivity index (χ2v) is 7.06. The topological polar surface area (TPSA) is 0 Å². The minimum absolute atomic E-state index is 0.735. The van der Waals surface area contributed by atoms with Crippen molar-refractivity contribution >= 4 is 14.0 Å². The predicted molar refractivity (Wildman–Crippen MR) is 72.8 cm³/mol. The zero-order chi connectivity index (χ0) is 11.3. The van der Waals surface area contributed by atoms with E-state index in [-0.39, 0.29) is 0 Å². The Labute approximate surface area is 94.9 Å². The Balaban J connectivity index is 3.20. The molecule has 0 aromatic heterocycles. The lowest BCUT2D eigenvalue weighted by Gasteiger charge is -2.14. The Morgan fingerprint density at radius 1 is 1.13 bits per heavy atom. The number of hydrogen-bond acceptors (Lipinski definition) is 0. The number of allylic oxidation sites excluding steroid dienone is 2. The zero-order valence-corrected chi connectivity index (χ0v) is 10.9. The van der Waals surface area contributed by atoms with Gasteiger partial charge in [-0.2, -0.15) is 0 Å². The normalized spacial score (nSPS) is 10.3. The van der Waals surface area contributed by atoms with Gasteiger partial charge in [0.25, 0.3) is 0 Å². The van der Waals surface area contributed by atoms with E-state index in [1.807, 2.05) is 12.2 Å². The molecule has 0 atom stereocenters. The van der Waals surface area contributed by atoms with E-state index < -0.39 is 8.80 Å². The van der Waals surface area contributed by atoms with Crippen molar-refractivity contribution in [3.8, 4) is 0 Å². The molecule has 0 fully saturated rings. The third-order valence-electron chi connectivity index (χ3n) is 2.64. The fourth-order valence-electron chi connectivity index (χ4n) is 1.94. The maximum absolute atomic E-state index is 3.85.